The minimum atomic E-state index is 0.702. The maximum Gasteiger partial charge on any atom is 0.158 e. The number of rotatable bonds is 5. The number of anilines is 1. The fourth-order valence-corrected chi connectivity index (χ4v) is 3.56. The summed E-state index contributed by atoms with van der Waals surface area (Å²) in [7, 11) is 3.27. The van der Waals surface area contributed by atoms with Crippen LogP contribution in [0, 0.1) is 13.8 Å². The van der Waals surface area contributed by atoms with Gasteiger partial charge in [-0.05, 0) is 44.5 Å². The molecule has 25 heavy (non-hydrogen) atoms. The Morgan fingerprint density at radius 1 is 1.16 bits per heavy atom. The van der Waals surface area contributed by atoms with E-state index in [9.17, 15) is 0 Å². The van der Waals surface area contributed by atoms with E-state index in [0.29, 0.717) is 5.82 Å². The SMILES string of the molecule is COc1ccc(OC)c(/C(C)=N\Nc2ncnc3sc(C)c(C)c23)c1. The molecule has 0 atom stereocenters. The first-order valence-electron chi connectivity index (χ1n) is 7.78. The van der Waals surface area contributed by atoms with Crippen molar-refractivity contribution in [2.75, 3.05) is 19.6 Å². The summed E-state index contributed by atoms with van der Waals surface area (Å²) < 4.78 is 10.7. The summed E-state index contributed by atoms with van der Waals surface area (Å²) in [6.45, 7) is 6.07. The number of fused-ring (bicyclic) bond motifs is 1. The number of nitrogens with one attached hydrogen (secondary N) is 1. The molecule has 1 N–H and O–H groups in total. The quantitative estimate of drug-likeness (QED) is 0.549. The summed E-state index contributed by atoms with van der Waals surface area (Å²) in [5.41, 5.74) is 5.88. The van der Waals surface area contributed by atoms with Gasteiger partial charge in [-0.3, -0.25) is 5.43 Å². The molecular formula is C18H20N4O2S. The number of hydrazone groups is 1. The molecule has 0 aliphatic carbocycles. The summed E-state index contributed by atoms with van der Waals surface area (Å²) in [5, 5.41) is 5.51. The van der Waals surface area contributed by atoms with Crippen LogP contribution in [0.25, 0.3) is 10.2 Å². The molecule has 0 fully saturated rings. The molecule has 0 unspecified atom stereocenters. The number of aromatic nitrogens is 2. The minimum absolute atomic E-state index is 0.702. The molecule has 2 heterocycles. The van der Waals surface area contributed by atoms with Crippen LogP contribution in [0.4, 0.5) is 5.82 Å². The van der Waals surface area contributed by atoms with Crippen LogP contribution in [0.5, 0.6) is 11.5 Å². The number of benzene rings is 1. The summed E-state index contributed by atoms with van der Waals surface area (Å²) in [6, 6.07) is 5.62. The van der Waals surface area contributed by atoms with Gasteiger partial charge >= 0.3 is 0 Å². The number of methoxy groups -OCH3 is 2. The van der Waals surface area contributed by atoms with E-state index >= 15 is 0 Å². The number of ether oxygens (including phenoxy) is 2. The van der Waals surface area contributed by atoms with Crippen molar-refractivity contribution in [2.45, 2.75) is 20.8 Å². The van der Waals surface area contributed by atoms with Gasteiger partial charge in [0.15, 0.2) is 5.82 Å². The second-order valence-electron chi connectivity index (χ2n) is 5.56. The third kappa shape index (κ3) is 3.28. The Morgan fingerprint density at radius 3 is 2.68 bits per heavy atom. The average Bonchev–Trinajstić information content (AvgIpc) is 2.93. The molecule has 6 nitrogen and oxygen atoms in total. The first kappa shape index (κ1) is 17.2. The van der Waals surface area contributed by atoms with Crippen LogP contribution in [0.15, 0.2) is 29.6 Å². The third-order valence-corrected chi connectivity index (χ3v) is 5.21. The van der Waals surface area contributed by atoms with Gasteiger partial charge in [0.25, 0.3) is 0 Å². The first-order valence-corrected chi connectivity index (χ1v) is 8.60. The Morgan fingerprint density at radius 2 is 1.96 bits per heavy atom. The Hall–Kier alpha value is -2.67. The molecule has 130 valence electrons. The van der Waals surface area contributed by atoms with Crippen LogP contribution in [-0.4, -0.2) is 29.9 Å². The number of nitrogens with zero attached hydrogens (tertiary/aromatic N) is 3. The van der Waals surface area contributed by atoms with E-state index in [1.54, 1.807) is 31.9 Å². The van der Waals surface area contributed by atoms with E-state index < -0.39 is 0 Å². The Bertz CT molecular complexity index is 950. The van der Waals surface area contributed by atoms with Gasteiger partial charge < -0.3 is 9.47 Å². The molecule has 1 aromatic carbocycles. The maximum absolute atomic E-state index is 5.42. The second-order valence-corrected chi connectivity index (χ2v) is 6.76. The molecule has 3 rings (SSSR count). The van der Waals surface area contributed by atoms with E-state index in [0.717, 1.165) is 33.0 Å². The van der Waals surface area contributed by atoms with E-state index in [1.807, 2.05) is 25.1 Å². The maximum atomic E-state index is 5.42. The van der Waals surface area contributed by atoms with Crippen molar-refractivity contribution in [2.24, 2.45) is 5.10 Å². The number of aryl methyl sites for hydroxylation is 2. The number of hydrogen-bond donors (Lipinski definition) is 1. The molecule has 0 radical (unpaired) electrons. The van der Waals surface area contributed by atoms with Gasteiger partial charge in [-0.1, -0.05) is 0 Å². The molecule has 3 aromatic rings. The van der Waals surface area contributed by atoms with Gasteiger partial charge in [-0.15, -0.1) is 11.3 Å². The van der Waals surface area contributed by atoms with Gasteiger partial charge in [-0.2, -0.15) is 5.10 Å². The van der Waals surface area contributed by atoms with Crippen molar-refractivity contribution in [3.8, 4) is 11.5 Å². The van der Waals surface area contributed by atoms with Crippen LogP contribution in [0.1, 0.15) is 22.9 Å². The van der Waals surface area contributed by atoms with Gasteiger partial charge in [0.2, 0.25) is 0 Å². The highest BCUT2D eigenvalue weighted by Gasteiger charge is 2.12. The molecule has 0 saturated heterocycles. The highest BCUT2D eigenvalue weighted by atomic mass is 32.1. The topological polar surface area (TPSA) is 68.6 Å². The van der Waals surface area contributed by atoms with E-state index in [2.05, 4.69) is 34.3 Å². The van der Waals surface area contributed by atoms with Crippen molar-refractivity contribution in [1.82, 2.24) is 9.97 Å². The van der Waals surface area contributed by atoms with Crippen LogP contribution in [0.3, 0.4) is 0 Å². The fourth-order valence-electron chi connectivity index (χ4n) is 2.56. The van der Waals surface area contributed by atoms with E-state index in [1.165, 1.54) is 10.4 Å². The molecule has 0 aliphatic rings. The fraction of sp³-hybridized carbons (Fsp3) is 0.278. The van der Waals surface area contributed by atoms with Crippen molar-refractivity contribution in [3.05, 3.63) is 40.5 Å². The lowest BCUT2D eigenvalue weighted by molar-refractivity contribution is 0.402. The lowest BCUT2D eigenvalue weighted by Crippen LogP contribution is -2.04. The highest BCUT2D eigenvalue weighted by Crippen LogP contribution is 2.32. The van der Waals surface area contributed by atoms with Crippen LogP contribution in [0.2, 0.25) is 0 Å². The highest BCUT2D eigenvalue weighted by molar-refractivity contribution is 7.18. The van der Waals surface area contributed by atoms with Crippen molar-refractivity contribution in [1.29, 1.82) is 0 Å². The summed E-state index contributed by atoms with van der Waals surface area (Å²) in [6.07, 6.45) is 1.55. The Balaban J connectivity index is 1.97. The average molecular weight is 356 g/mol. The normalized spacial score (nSPS) is 11.6. The molecule has 0 spiro atoms. The zero-order valence-electron chi connectivity index (χ0n) is 14.9. The monoisotopic (exact) mass is 356 g/mol. The predicted octanol–water partition coefficient (Wildman–Crippen LogP) is 4.16. The van der Waals surface area contributed by atoms with Gasteiger partial charge in [0.1, 0.15) is 22.7 Å². The number of thiophene rings is 1. The van der Waals surface area contributed by atoms with Crippen molar-refractivity contribution >= 4 is 33.1 Å². The second kappa shape index (κ2) is 7.06. The Kier molecular flexibility index (Phi) is 4.85. The zero-order valence-corrected chi connectivity index (χ0v) is 15.7. The Labute approximate surface area is 150 Å². The van der Waals surface area contributed by atoms with Gasteiger partial charge in [0, 0.05) is 10.4 Å². The predicted molar refractivity (Wildman–Crippen MR) is 102 cm³/mol. The molecule has 0 amide bonds. The molecule has 0 aliphatic heterocycles. The molecule has 2 aromatic heterocycles. The lowest BCUT2D eigenvalue weighted by atomic mass is 10.1. The largest absolute Gasteiger partial charge is 0.497 e. The summed E-state index contributed by atoms with van der Waals surface area (Å²) in [4.78, 5) is 10.9. The minimum Gasteiger partial charge on any atom is -0.497 e. The third-order valence-electron chi connectivity index (χ3n) is 4.09. The van der Waals surface area contributed by atoms with Crippen LogP contribution < -0.4 is 14.9 Å². The van der Waals surface area contributed by atoms with Crippen LogP contribution >= 0.6 is 11.3 Å². The van der Waals surface area contributed by atoms with E-state index in [-0.39, 0.29) is 0 Å². The van der Waals surface area contributed by atoms with E-state index in [4.69, 9.17) is 9.47 Å². The molecule has 7 heteroatoms. The first-order chi connectivity index (χ1) is 12.0. The van der Waals surface area contributed by atoms with Crippen molar-refractivity contribution in [3.63, 3.8) is 0 Å². The number of hydrogen-bond acceptors (Lipinski definition) is 7. The summed E-state index contributed by atoms with van der Waals surface area (Å²) in [5.74, 6) is 2.19. The molecule has 0 saturated carbocycles. The molecule has 0 bridgehead atoms. The smallest absolute Gasteiger partial charge is 0.158 e. The zero-order chi connectivity index (χ0) is 18.0. The standard InChI is InChI=1S/C18H20N4O2S/c1-10-12(3)25-18-16(10)17(19-9-20-18)22-21-11(2)14-8-13(23-4)6-7-15(14)24-5/h6-9H,1-5H3,(H,19,20,22)/b21-11-. The molecular weight excluding hydrogens is 336 g/mol. The lowest BCUT2D eigenvalue weighted by Gasteiger charge is -2.10. The van der Waals surface area contributed by atoms with Crippen LogP contribution in [-0.2, 0) is 0 Å². The summed E-state index contributed by atoms with van der Waals surface area (Å²) >= 11 is 1.66. The van der Waals surface area contributed by atoms with Crippen molar-refractivity contribution < 1.29 is 9.47 Å². The van der Waals surface area contributed by atoms with Gasteiger partial charge in [0.05, 0.1) is 25.3 Å². The van der Waals surface area contributed by atoms with Gasteiger partial charge in [-0.25, -0.2) is 9.97 Å².